The maximum Gasteiger partial charge on any atom is 0.342 e. The number of esters is 1. The Morgan fingerprint density at radius 2 is 1.79 bits per heavy atom. The summed E-state index contributed by atoms with van der Waals surface area (Å²) in [5, 5.41) is 0. The molecular formula is C14H19ClO4. The smallest absolute Gasteiger partial charge is 0.342 e. The third-order valence-corrected chi connectivity index (χ3v) is 3.20. The fourth-order valence-corrected chi connectivity index (χ4v) is 2.19. The lowest BCUT2D eigenvalue weighted by Gasteiger charge is -2.20. The van der Waals surface area contributed by atoms with Gasteiger partial charge in [0, 0.05) is 11.4 Å². The van der Waals surface area contributed by atoms with Crippen LogP contribution in [0.1, 0.15) is 41.3 Å². The van der Waals surface area contributed by atoms with Crippen LogP contribution < -0.4 is 9.47 Å². The Labute approximate surface area is 118 Å². The lowest BCUT2D eigenvalue weighted by molar-refractivity contribution is 0.0595. The highest BCUT2D eigenvalue weighted by molar-refractivity contribution is 6.18. The minimum atomic E-state index is -0.485. The van der Waals surface area contributed by atoms with Crippen LogP contribution in [0.25, 0.3) is 0 Å². The molecule has 0 aliphatic rings. The molecule has 0 atom stereocenters. The number of carbonyl (C=O) groups is 1. The van der Waals surface area contributed by atoms with Crippen LogP contribution in [0.4, 0.5) is 0 Å². The van der Waals surface area contributed by atoms with Gasteiger partial charge in [-0.25, -0.2) is 4.79 Å². The first kappa shape index (κ1) is 15.6. The van der Waals surface area contributed by atoms with Crippen molar-refractivity contribution in [3.05, 3.63) is 22.8 Å². The number of carbonyl (C=O) groups excluding carboxylic acids is 1. The van der Waals surface area contributed by atoms with Gasteiger partial charge < -0.3 is 14.2 Å². The average molecular weight is 287 g/mol. The van der Waals surface area contributed by atoms with Crippen LogP contribution in [-0.4, -0.2) is 27.3 Å². The average Bonchev–Trinajstić information content (AvgIpc) is 2.43. The van der Waals surface area contributed by atoms with Gasteiger partial charge in [-0.05, 0) is 17.5 Å². The number of rotatable bonds is 5. The third kappa shape index (κ3) is 2.95. The van der Waals surface area contributed by atoms with Crippen LogP contribution in [0, 0.1) is 0 Å². The minimum Gasteiger partial charge on any atom is -0.493 e. The maximum atomic E-state index is 11.9. The number of ether oxygens (including phenoxy) is 3. The van der Waals surface area contributed by atoms with Crippen LogP contribution in [0.15, 0.2) is 6.07 Å². The molecule has 19 heavy (non-hydrogen) atoms. The largest absolute Gasteiger partial charge is 0.493 e. The third-order valence-electron chi connectivity index (χ3n) is 2.91. The summed E-state index contributed by atoms with van der Waals surface area (Å²) >= 11 is 5.93. The van der Waals surface area contributed by atoms with Gasteiger partial charge in [-0.1, -0.05) is 13.8 Å². The van der Waals surface area contributed by atoms with Gasteiger partial charge in [-0.15, -0.1) is 11.6 Å². The zero-order chi connectivity index (χ0) is 14.6. The minimum absolute atomic E-state index is 0.199. The molecular weight excluding hydrogens is 268 g/mol. The molecule has 0 N–H and O–H groups in total. The lowest BCUT2D eigenvalue weighted by Crippen LogP contribution is -2.11. The van der Waals surface area contributed by atoms with Crippen LogP contribution >= 0.6 is 11.6 Å². The van der Waals surface area contributed by atoms with Gasteiger partial charge in [-0.3, -0.25) is 0 Å². The van der Waals surface area contributed by atoms with Crippen LogP contribution in [0.3, 0.4) is 0 Å². The second kappa shape index (κ2) is 6.66. The Kier molecular flexibility index (Phi) is 5.48. The zero-order valence-electron chi connectivity index (χ0n) is 11.9. The molecule has 4 nitrogen and oxygen atoms in total. The van der Waals surface area contributed by atoms with Crippen LogP contribution in [-0.2, 0) is 10.6 Å². The molecule has 0 fully saturated rings. The summed E-state index contributed by atoms with van der Waals surface area (Å²) < 4.78 is 15.5. The van der Waals surface area contributed by atoms with E-state index in [2.05, 4.69) is 0 Å². The fourth-order valence-electron chi connectivity index (χ4n) is 1.98. The Hall–Kier alpha value is -1.42. The molecule has 5 heteroatoms. The molecule has 1 rings (SSSR count). The summed E-state index contributed by atoms with van der Waals surface area (Å²) in [6.45, 7) is 4.07. The number of benzene rings is 1. The van der Waals surface area contributed by atoms with Crippen molar-refractivity contribution in [2.75, 3.05) is 21.3 Å². The highest BCUT2D eigenvalue weighted by atomic mass is 35.5. The van der Waals surface area contributed by atoms with Crippen molar-refractivity contribution in [2.24, 2.45) is 0 Å². The fraction of sp³-hybridized carbons (Fsp3) is 0.500. The molecule has 0 aromatic heterocycles. The summed E-state index contributed by atoms with van der Waals surface area (Å²) in [6.07, 6.45) is 0. The number of hydrogen-bond acceptors (Lipinski definition) is 4. The second-order valence-electron chi connectivity index (χ2n) is 4.35. The molecule has 1 aromatic rings. The van der Waals surface area contributed by atoms with Crippen LogP contribution in [0.2, 0.25) is 0 Å². The van der Waals surface area contributed by atoms with E-state index in [-0.39, 0.29) is 11.8 Å². The first-order valence-electron chi connectivity index (χ1n) is 5.93. The van der Waals surface area contributed by atoms with E-state index in [1.807, 2.05) is 19.9 Å². The quantitative estimate of drug-likeness (QED) is 0.615. The Balaban J connectivity index is 3.66. The Morgan fingerprint density at radius 1 is 1.21 bits per heavy atom. The van der Waals surface area contributed by atoms with Crippen molar-refractivity contribution in [2.45, 2.75) is 25.6 Å². The summed E-state index contributed by atoms with van der Waals surface area (Å²) in [6, 6.07) is 1.87. The Morgan fingerprint density at radius 3 is 2.16 bits per heavy atom. The molecule has 0 bridgehead atoms. The maximum absolute atomic E-state index is 11.9. The molecule has 0 aliphatic heterocycles. The van der Waals surface area contributed by atoms with Crippen molar-refractivity contribution in [1.29, 1.82) is 0 Å². The second-order valence-corrected chi connectivity index (χ2v) is 4.61. The molecule has 0 saturated carbocycles. The lowest BCUT2D eigenvalue weighted by atomic mass is 9.95. The van der Waals surface area contributed by atoms with E-state index in [0.717, 1.165) is 5.56 Å². The number of hydrogen-bond donors (Lipinski definition) is 0. The normalized spacial score (nSPS) is 10.5. The Bertz CT molecular complexity index is 469. The first-order chi connectivity index (χ1) is 9.01. The van der Waals surface area contributed by atoms with Gasteiger partial charge in [0.05, 0.1) is 21.3 Å². The van der Waals surface area contributed by atoms with Crippen molar-refractivity contribution < 1.29 is 19.0 Å². The topological polar surface area (TPSA) is 44.8 Å². The molecule has 0 saturated heterocycles. The molecule has 106 valence electrons. The van der Waals surface area contributed by atoms with Crippen LogP contribution in [0.5, 0.6) is 11.5 Å². The highest BCUT2D eigenvalue weighted by Crippen LogP contribution is 2.41. The van der Waals surface area contributed by atoms with Crippen molar-refractivity contribution in [3.8, 4) is 11.5 Å². The predicted octanol–water partition coefficient (Wildman–Crippen LogP) is 3.35. The number of alkyl halides is 1. The van der Waals surface area contributed by atoms with Gasteiger partial charge in [0.15, 0.2) is 11.5 Å². The van der Waals surface area contributed by atoms with Gasteiger partial charge in [0.1, 0.15) is 5.56 Å². The number of halogens is 1. The molecule has 0 aliphatic carbocycles. The standard InChI is InChI=1S/C14H19ClO4/c1-8(2)10-6-9(7-15)11(14(16)19-5)13(18-4)12(10)17-3/h6,8H,7H2,1-5H3. The number of methoxy groups -OCH3 is 3. The summed E-state index contributed by atoms with van der Waals surface area (Å²) in [4.78, 5) is 11.9. The summed E-state index contributed by atoms with van der Waals surface area (Å²) in [5.41, 5.74) is 1.94. The van der Waals surface area contributed by atoms with E-state index in [1.54, 1.807) is 7.11 Å². The van der Waals surface area contributed by atoms with Crippen molar-refractivity contribution in [1.82, 2.24) is 0 Å². The van der Waals surface area contributed by atoms with E-state index >= 15 is 0 Å². The van der Waals surface area contributed by atoms with E-state index in [0.29, 0.717) is 22.6 Å². The molecule has 0 radical (unpaired) electrons. The SMILES string of the molecule is COC(=O)c1c(CCl)cc(C(C)C)c(OC)c1OC. The van der Waals surface area contributed by atoms with Gasteiger partial charge in [0.25, 0.3) is 0 Å². The molecule has 0 amide bonds. The van der Waals surface area contributed by atoms with E-state index in [1.165, 1.54) is 14.2 Å². The van der Waals surface area contributed by atoms with Gasteiger partial charge in [0.2, 0.25) is 0 Å². The molecule has 0 spiro atoms. The summed E-state index contributed by atoms with van der Waals surface area (Å²) in [7, 11) is 4.36. The predicted molar refractivity (Wildman–Crippen MR) is 74.5 cm³/mol. The van der Waals surface area contributed by atoms with Crippen molar-refractivity contribution in [3.63, 3.8) is 0 Å². The first-order valence-corrected chi connectivity index (χ1v) is 6.47. The van der Waals surface area contributed by atoms with E-state index in [4.69, 9.17) is 25.8 Å². The highest BCUT2D eigenvalue weighted by Gasteiger charge is 2.25. The van der Waals surface area contributed by atoms with E-state index < -0.39 is 5.97 Å². The van der Waals surface area contributed by atoms with Crippen molar-refractivity contribution >= 4 is 17.6 Å². The molecule has 0 unspecified atom stereocenters. The zero-order valence-corrected chi connectivity index (χ0v) is 12.6. The van der Waals surface area contributed by atoms with E-state index in [9.17, 15) is 4.79 Å². The van der Waals surface area contributed by atoms with Gasteiger partial charge >= 0.3 is 5.97 Å². The monoisotopic (exact) mass is 286 g/mol. The molecule has 0 heterocycles. The summed E-state index contributed by atoms with van der Waals surface area (Å²) in [5.74, 6) is 0.853. The molecule has 1 aromatic carbocycles. The van der Waals surface area contributed by atoms with Gasteiger partial charge in [-0.2, -0.15) is 0 Å².